The van der Waals surface area contributed by atoms with E-state index in [-0.39, 0.29) is 11.3 Å². The first-order valence-corrected chi connectivity index (χ1v) is 5.75. The number of carbonyl (C=O) groups is 1. The minimum Gasteiger partial charge on any atom is -0.346 e. The Bertz CT molecular complexity index is 208. The van der Waals surface area contributed by atoms with Crippen molar-refractivity contribution >= 4 is 5.91 Å². The van der Waals surface area contributed by atoms with Crippen LogP contribution in [0.4, 0.5) is 0 Å². The van der Waals surface area contributed by atoms with E-state index >= 15 is 0 Å². The summed E-state index contributed by atoms with van der Waals surface area (Å²) in [6.45, 7) is 13.8. The minimum atomic E-state index is 0.0904. The molecule has 0 aromatic rings. The number of nitrogens with zero attached hydrogens (tertiary/aromatic N) is 1. The summed E-state index contributed by atoms with van der Waals surface area (Å²) < 4.78 is 0. The molecular formula is C13H27NO. The summed E-state index contributed by atoms with van der Waals surface area (Å²) >= 11 is 0. The van der Waals surface area contributed by atoms with E-state index in [4.69, 9.17) is 0 Å². The molecule has 0 bridgehead atoms. The smallest absolute Gasteiger partial charge is 0.222 e. The highest BCUT2D eigenvalue weighted by atomic mass is 16.2. The van der Waals surface area contributed by atoms with Crippen LogP contribution in [0, 0.1) is 10.8 Å². The Morgan fingerprint density at radius 1 is 1.00 bits per heavy atom. The fourth-order valence-corrected chi connectivity index (χ4v) is 1.22. The molecule has 90 valence electrons. The van der Waals surface area contributed by atoms with Crippen molar-refractivity contribution in [2.24, 2.45) is 10.8 Å². The first-order valence-electron chi connectivity index (χ1n) is 5.75. The summed E-state index contributed by atoms with van der Waals surface area (Å²) in [5.74, 6) is 0.256. The Balaban J connectivity index is 4.01. The van der Waals surface area contributed by atoms with Gasteiger partial charge in [0.05, 0.1) is 0 Å². The standard InChI is InChI=1S/C13H27NO/c1-12(2,3)8-9-14(7)11(15)10-13(4,5)6/h8-10H2,1-7H3. The van der Waals surface area contributed by atoms with Gasteiger partial charge in [-0.05, 0) is 17.3 Å². The molecule has 0 spiro atoms. The molecule has 0 saturated carbocycles. The Hall–Kier alpha value is -0.530. The highest BCUT2D eigenvalue weighted by molar-refractivity contribution is 5.76. The van der Waals surface area contributed by atoms with Crippen LogP contribution >= 0.6 is 0 Å². The molecule has 1 amide bonds. The molecule has 2 nitrogen and oxygen atoms in total. The molecule has 0 atom stereocenters. The van der Waals surface area contributed by atoms with Gasteiger partial charge >= 0.3 is 0 Å². The highest BCUT2D eigenvalue weighted by Gasteiger charge is 2.20. The van der Waals surface area contributed by atoms with E-state index in [2.05, 4.69) is 41.5 Å². The molecule has 0 aliphatic heterocycles. The van der Waals surface area contributed by atoms with Gasteiger partial charge in [0.1, 0.15) is 0 Å². The van der Waals surface area contributed by atoms with Crippen LogP contribution in [-0.4, -0.2) is 24.4 Å². The van der Waals surface area contributed by atoms with Gasteiger partial charge in [-0.3, -0.25) is 4.79 Å². The lowest BCUT2D eigenvalue weighted by Crippen LogP contribution is -2.32. The first-order chi connectivity index (χ1) is 6.51. The molecule has 15 heavy (non-hydrogen) atoms. The molecule has 2 heteroatoms. The molecule has 0 rings (SSSR count). The van der Waals surface area contributed by atoms with E-state index < -0.39 is 0 Å². The van der Waals surface area contributed by atoms with Crippen LogP contribution in [0.5, 0.6) is 0 Å². The van der Waals surface area contributed by atoms with Crippen LogP contribution in [0.2, 0.25) is 0 Å². The normalized spacial score (nSPS) is 12.7. The zero-order valence-electron chi connectivity index (χ0n) is 11.5. The SMILES string of the molecule is CN(CCC(C)(C)C)C(=O)CC(C)(C)C. The maximum Gasteiger partial charge on any atom is 0.222 e. The monoisotopic (exact) mass is 213 g/mol. The van der Waals surface area contributed by atoms with Crippen LogP contribution in [0.15, 0.2) is 0 Å². The van der Waals surface area contributed by atoms with Crippen LogP contribution in [0.25, 0.3) is 0 Å². The molecule has 0 radical (unpaired) electrons. The van der Waals surface area contributed by atoms with Gasteiger partial charge in [-0.1, -0.05) is 41.5 Å². The summed E-state index contributed by atoms with van der Waals surface area (Å²) in [6, 6.07) is 0. The molecule has 0 aliphatic carbocycles. The molecule has 0 saturated heterocycles. The lowest BCUT2D eigenvalue weighted by Gasteiger charge is -2.26. The highest BCUT2D eigenvalue weighted by Crippen LogP contribution is 2.21. The van der Waals surface area contributed by atoms with Crippen molar-refractivity contribution in [1.82, 2.24) is 4.90 Å². The number of carbonyl (C=O) groups excluding carboxylic acids is 1. The zero-order valence-corrected chi connectivity index (χ0v) is 11.5. The van der Waals surface area contributed by atoms with Crippen LogP contribution < -0.4 is 0 Å². The van der Waals surface area contributed by atoms with E-state index in [1.807, 2.05) is 11.9 Å². The first kappa shape index (κ1) is 14.5. The van der Waals surface area contributed by atoms with Gasteiger partial charge in [0.15, 0.2) is 0 Å². The second kappa shape index (κ2) is 5.00. The van der Waals surface area contributed by atoms with E-state index in [9.17, 15) is 4.79 Å². The summed E-state index contributed by atoms with van der Waals surface area (Å²) in [7, 11) is 1.90. The van der Waals surface area contributed by atoms with Gasteiger partial charge < -0.3 is 4.90 Å². The fourth-order valence-electron chi connectivity index (χ4n) is 1.22. The molecule has 0 fully saturated rings. The van der Waals surface area contributed by atoms with Crippen molar-refractivity contribution in [3.63, 3.8) is 0 Å². The molecule has 0 aliphatic rings. The summed E-state index contributed by atoms with van der Waals surface area (Å²) in [5, 5.41) is 0. The van der Waals surface area contributed by atoms with E-state index in [1.54, 1.807) is 0 Å². The number of hydrogen-bond acceptors (Lipinski definition) is 1. The van der Waals surface area contributed by atoms with E-state index in [0.717, 1.165) is 13.0 Å². The molecular weight excluding hydrogens is 186 g/mol. The van der Waals surface area contributed by atoms with Gasteiger partial charge in [-0.25, -0.2) is 0 Å². The van der Waals surface area contributed by atoms with E-state index in [0.29, 0.717) is 11.8 Å². The third-order valence-corrected chi connectivity index (χ3v) is 2.30. The van der Waals surface area contributed by atoms with Crippen molar-refractivity contribution in [1.29, 1.82) is 0 Å². The van der Waals surface area contributed by atoms with Crippen molar-refractivity contribution in [3.8, 4) is 0 Å². The molecule has 0 unspecified atom stereocenters. The van der Waals surface area contributed by atoms with Crippen LogP contribution in [0.1, 0.15) is 54.4 Å². The Morgan fingerprint density at radius 2 is 1.47 bits per heavy atom. The lowest BCUT2D eigenvalue weighted by molar-refractivity contribution is -0.132. The third kappa shape index (κ3) is 8.46. The largest absolute Gasteiger partial charge is 0.346 e. The molecule has 0 N–H and O–H groups in total. The average molecular weight is 213 g/mol. The van der Waals surface area contributed by atoms with Gasteiger partial charge in [0.2, 0.25) is 5.91 Å². The summed E-state index contributed by atoms with van der Waals surface area (Å²) in [4.78, 5) is 13.7. The summed E-state index contributed by atoms with van der Waals surface area (Å²) in [5.41, 5.74) is 0.392. The predicted octanol–water partition coefficient (Wildman–Crippen LogP) is 3.32. The second-order valence-electron chi connectivity index (χ2n) is 6.86. The number of rotatable bonds is 3. The zero-order chi connectivity index (χ0) is 12.3. The van der Waals surface area contributed by atoms with Crippen LogP contribution in [0.3, 0.4) is 0 Å². The summed E-state index contributed by atoms with van der Waals surface area (Å²) in [6.07, 6.45) is 1.69. The van der Waals surface area contributed by atoms with Gasteiger partial charge in [0, 0.05) is 20.0 Å². The molecule has 0 aromatic heterocycles. The molecule has 0 heterocycles. The Kier molecular flexibility index (Phi) is 4.82. The van der Waals surface area contributed by atoms with Gasteiger partial charge in [-0.15, -0.1) is 0 Å². The quantitative estimate of drug-likeness (QED) is 0.704. The third-order valence-electron chi connectivity index (χ3n) is 2.30. The van der Waals surface area contributed by atoms with Crippen LogP contribution in [-0.2, 0) is 4.79 Å². The fraction of sp³-hybridized carbons (Fsp3) is 0.923. The van der Waals surface area contributed by atoms with Crippen molar-refractivity contribution in [3.05, 3.63) is 0 Å². The Labute approximate surface area is 95.0 Å². The maximum absolute atomic E-state index is 11.8. The lowest BCUT2D eigenvalue weighted by atomic mass is 9.90. The topological polar surface area (TPSA) is 20.3 Å². The molecule has 0 aromatic carbocycles. The average Bonchev–Trinajstić information content (AvgIpc) is 1.95. The number of amides is 1. The number of hydrogen-bond donors (Lipinski definition) is 0. The second-order valence-corrected chi connectivity index (χ2v) is 6.86. The predicted molar refractivity (Wildman–Crippen MR) is 65.8 cm³/mol. The minimum absolute atomic E-state index is 0.0904. The van der Waals surface area contributed by atoms with Crippen molar-refractivity contribution < 1.29 is 4.79 Å². The Morgan fingerprint density at radius 3 is 1.80 bits per heavy atom. The maximum atomic E-state index is 11.8. The van der Waals surface area contributed by atoms with E-state index in [1.165, 1.54) is 0 Å². The van der Waals surface area contributed by atoms with Crippen molar-refractivity contribution in [2.45, 2.75) is 54.4 Å². The van der Waals surface area contributed by atoms with Gasteiger partial charge in [-0.2, -0.15) is 0 Å². The van der Waals surface area contributed by atoms with Gasteiger partial charge in [0.25, 0.3) is 0 Å². The van der Waals surface area contributed by atoms with Crippen molar-refractivity contribution in [2.75, 3.05) is 13.6 Å².